The van der Waals surface area contributed by atoms with Gasteiger partial charge in [0.1, 0.15) is 5.78 Å². The normalized spacial score (nSPS) is 24.1. The summed E-state index contributed by atoms with van der Waals surface area (Å²) in [4.78, 5) is 25.4. The summed E-state index contributed by atoms with van der Waals surface area (Å²) in [6.07, 6.45) is 1.18. The van der Waals surface area contributed by atoms with Crippen LogP contribution in [-0.2, 0) is 16.1 Å². The number of piperidine rings is 1. The van der Waals surface area contributed by atoms with Crippen molar-refractivity contribution in [3.05, 3.63) is 35.9 Å². The van der Waals surface area contributed by atoms with Gasteiger partial charge >= 0.3 is 0 Å². The van der Waals surface area contributed by atoms with Gasteiger partial charge in [-0.3, -0.25) is 9.59 Å². The minimum atomic E-state index is -0.00795. The van der Waals surface area contributed by atoms with Crippen LogP contribution in [-0.4, -0.2) is 22.6 Å². The largest absolute Gasteiger partial charge is 0.335 e. The standard InChI is InChI=1S/C15H19NO2/c1-11-14(12(2)17)8-9-15(18)16(11)10-13-6-4-3-5-7-13/h3-7,11,14H,8-10H2,1-2H3/t11-,14+/m1/s1. The molecule has 1 heterocycles. The first-order chi connectivity index (χ1) is 8.59. The third kappa shape index (κ3) is 2.61. The number of hydrogen-bond acceptors (Lipinski definition) is 2. The fraction of sp³-hybridized carbons (Fsp3) is 0.467. The van der Waals surface area contributed by atoms with Crippen molar-refractivity contribution < 1.29 is 9.59 Å². The highest BCUT2D eigenvalue weighted by molar-refractivity contribution is 5.84. The Labute approximate surface area is 108 Å². The molecule has 0 saturated carbocycles. The van der Waals surface area contributed by atoms with Crippen molar-refractivity contribution in [2.24, 2.45) is 5.92 Å². The fourth-order valence-corrected chi connectivity index (χ4v) is 2.66. The lowest BCUT2D eigenvalue weighted by Gasteiger charge is -2.38. The molecule has 0 bridgehead atoms. The van der Waals surface area contributed by atoms with E-state index in [0.29, 0.717) is 19.4 Å². The third-order valence-electron chi connectivity index (χ3n) is 3.78. The van der Waals surface area contributed by atoms with Gasteiger partial charge in [0.15, 0.2) is 0 Å². The lowest BCUT2D eigenvalue weighted by atomic mass is 9.86. The zero-order valence-electron chi connectivity index (χ0n) is 10.9. The van der Waals surface area contributed by atoms with Gasteiger partial charge in [0, 0.05) is 24.9 Å². The second-order valence-corrected chi connectivity index (χ2v) is 5.00. The number of Topliss-reactive ketones (excluding diaryl/α,β-unsaturated/α-hetero) is 1. The number of carbonyl (C=O) groups is 2. The summed E-state index contributed by atoms with van der Waals surface area (Å²) in [6.45, 7) is 4.20. The van der Waals surface area contributed by atoms with Gasteiger partial charge in [-0.15, -0.1) is 0 Å². The molecule has 18 heavy (non-hydrogen) atoms. The summed E-state index contributed by atoms with van der Waals surface area (Å²) in [5, 5.41) is 0. The van der Waals surface area contributed by atoms with Crippen LogP contribution >= 0.6 is 0 Å². The number of carbonyl (C=O) groups excluding carboxylic acids is 2. The summed E-state index contributed by atoms with van der Waals surface area (Å²) in [7, 11) is 0. The molecule has 3 heteroatoms. The van der Waals surface area contributed by atoms with E-state index >= 15 is 0 Å². The molecule has 0 N–H and O–H groups in total. The fourth-order valence-electron chi connectivity index (χ4n) is 2.66. The first-order valence-corrected chi connectivity index (χ1v) is 6.43. The van der Waals surface area contributed by atoms with E-state index in [0.717, 1.165) is 5.56 Å². The Kier molecular flexibility index (Phi) is 3.80. The Balaban J connectivity index is 2.14. The Morgan fingerprint density at radius 3 is 2.61 bits per heavy atom. The van der Waals surface area contributed by atoms with Crippen LogP contribution in [0, 0.1) is 5.92 Å². The molecular formula is C15H19NO2. The first kappa shape index (κ1) is 12.8. The molecule has 0 unspecified atom stereocenters. The predicted molar refractivity (Wildman–Crippen MR) is 69.9 cm³/mol. The van der Waals surface area contributed by atoms with Gasteiger partial charge < -0.3 is 4.90 Å². The van der Waals surface area contributed by atoms with Gasteiger partial charge in [-0.05, 0) is 25.8 Å². The molecule has 1 aromatic carbocycles. The van der Waals surface area contributed by atoms with Gasteiger partial charge in [-0.1, -0.05) is 30.3 Å². The van der Waals surface area contributed by atoms with E-state index in [4.69, 9.17) is 0 Å². The van der Waals surface area contributed by atoms with Crippen LogP contribution in [0.5, 0.6) is 0 Å². The number of rotatable bonds is 3. The zero-order chi connectivity index (χ0) is 13.1. The minimum absolute atomic E-state index is 0.00366. The van der Waals surface area contributed by atoms with Crippen LogP contribution in [0.1, 0.15) is 32.3 Å². The summed E-state index contributed by atoms with van der Waals surface area (Å²) in [5.74, 6) is 0.336. The summed E-state index contributed by atoms with van der Waals surface area (Å²) in [5.41, 5.74) is 1.11. The van der Waals surface area contributed by atoms with Gasteiger partial charge in [0.25, 0.3) is 0 Å². The Morgan fingerprint density at radius 2 is 2.00 bits per heavy atom. The molecule has 0 radical (unpaired) electrons. The summed E-state index contributed by atoms with van der Waals surface area (Å²) < 4.78 is 0. The van der Waals surface area contributed by atoms with E-state index in [1.54, 1.807) is 6.92 Å². The lowest BCUT2D eigenvalue weighted by Crippen LogP contribution is -2.48. The molecule has 0 aromatic heterocycles. The van der Waals surface area contributed by atoms with Crippen molar-refractivity contribution in [3.8, 4) is 0 Å². The summed E-state index contributed by atoms with van der Waals surface area (Å²) in [6, 6.07) is 9.93. The molecule has 2 atom stereocenters. The molecule has 1 aliphatic rings. The van der Waals surface area contributed by atoms with Crippen molar-refractivity contribution in [1.29, 1.82) is 0 Å². The molecule has 96 valence electrons. The molecule has 1 amide bonds. The van der Waals surface area contributed by atoms with E-state index in [-0.39, 0.29) is 23.7 Å². The predicted octanol–water partition coefficient (Wildman–Crippen LogP) is 2.40. The Bertz CT molecular complexity index is 441. The number of amides is 1. The lowest BCUT2D eigenvalue weighted by molar-refractivity contribution is -0.141. The van der Waals surface area contributed by atoms with Crippen molar-refractivity contribution in [3.63, 3.8) is 0 Å². The molecule has 3 nitrogen and oxygen atoms in total. The highest BCUT2D eigenvalue weighted by atomic mass is 16.2. The SMILES string of the molecule is CC(=O)[C@H]1CCC(=O)N(Cc2ccccc2)[C@@H]1C. The average Bonchev–Trinajstić information content (AvgIpc) is 2.35. The summed E-state index contributed by atoms with van der Waals surface area (Å²) >= 11 is 0. The van der Waals surface area contributed by atoms with E-state index in [1.165, 1.54) is 0 Å². The Hall–Kier alpha value is -1.64. The number of ketones is 1. The maximum Gasteiger partial charge on any atom is 0.223 e. The van der Waals surface area contributed by atoms with Crippen LogP contribution in [0.3, 0.4) is 0 Å². The van der Waals surface area contributed by atoms with E-state index in [9.17, 15) is 9.59 Å². The van der Waals surface area contributed by atoms with Gasteiger partial charge in [-0.25, -0.2) is 0 Å². The van der Waals surface area contributed by atoms with Crippen LogP contribution in [0.2, 0.25) is 0 Å². The molecule has 1 aromatic rings. The molecule has 1 aliphatic heterocycles. The first-order valence-electron chi connectivity index (χ1n) is 6.43. The molecule has 2 rings (SSSR count). The van der Waals surface area contributed by atoms with E-state index in [1.807, 2.05) is 42.2 Å². The van der Waals surface area contributed by atoms with Crippen molar-refractivity contribution in [2.75, 3.05) is 0 Å². The van der Waals surface area contributed by atoms with Crippen molar-refractivity contribution in [2.45, 2.75) is 39.3 Å². The highest BCUT2D eigenvalue weighted by Gasteiger charge is 2.34. The van der Waals surface area contributed by atoms with Crippen LogP contribution < -0.4 is 0 Å². The highest BCUT2D eigenvalue weighted by Crippen LogP contribution is 2.26. The third-order valence-corrected chi connectivity index (χ3v) is 3.78. The van der Waals surface area contributed by atoms with Crippen LogP contribution in [0.15, 0.2) is 30.3 Å². The number of hydrogen-bond donors (Lipinski definition) is 0. The molecule has 1 fully saturated rings. The van der Waals surface area contributed by atoms with Crippen molar-refractivity contribution in [1.82, 2.24) is 4.90 Å². The average molecular weight is 245 g/mol. The maximum absolute atomic E-state index is 12.0. The monoisotopic (exact) mass is 245 g/mol. The van der Waals surface area contributed by atoms with Crippen LogP contribution in [0.25, 0.3) is 0 Å². The van der Waals surface area contributed by atoms with Gasteiger partial charge in [-0.2, -0.15) is 0 Å². The molecule has 0 spiro atoms. The topological polar surface area (TPSA) is 37.4 Å². The van der Waals surface area contributed by atoms with Crippen molar-refractivity contribution >= 4 is 11.7 Å². The Morgan fingerprint density at radius 1 is 1.33 bits per heavy atom. The van der Waals surface area contributed by atoms with E-state index < -0.39 is 0 Å². The maximum atomic E-state index is 12.0. The molecular weight excluding hydrogens is 226 g/mol. The molecule has 1 saturated heterocycles. The zero-order valence-corrected chi connectivity index (χ0v) is 10.9. The number of benzene rings is 1. The number of nitrogens with zero attached hydrogens (tertiary/aromatic N) is 1. The van der Waals surface area contributed by atoms with E-state index in [2.05, 4.69) is 0 Å². The second-order valence-electron chi connectivity index (χ2n) is 5.00. The number of likely N-dealkylation sites (tertiary alicyclic amines) is 1. The molecule has 0 aliphatic carbocycles. The minimum Gasteiger partial charge on any atom is -0.335 e. The smallest absolute Gasteiger partial charge is 0.223 e. The quantitative estimate of drug-likeness (QED) is 0.820. The van der Waals surface area contributed by atoms with Gasteiger partial charge in [0.05, 0.1) is 0 Å². The van der Waals surface area contributed by atoms with Gasteiger partial charge in [0.2, 0.25) is 5.91 Å². The van der Waals surface area contributed by atoms with Crippen LogP contribution in [0.4, 0.5) is 0 Å². The second kappa shape index (κ2) is 5.34.